The Kier molecular flexibility index (Phi) is 3.79. The fourth-order valence-corrected chi connectivity index (χ4v) is 3.85. The van der Waals surface area contributed by atoms with E-state index in [1.165, 1.54) is 12.1 Å². The highest BCUT2D eigenvalue weighted by Gasteiger charge is 2.39. The molecule has 1 heterocycles. The van der Waals surface area contributed by atoms with Crippen LogP contribution >= 0.6 is 0 Å². The third-order valence-electron chi connectivity index (χ3n) is 3.19. The molecule has 1 fully saturated rings. The van der Waals surface area contributed by atoms with Crippen LogP contribution in [0.25, 0.3) is 0 Å². The summed E-state index contributed by atoms with van der Waals surface area (Å²) in [6.07, 6.45) is 5.78. The standard InChI is InChI=1S/C13H12FNO4S/c1-2-9-5-6-10(8-11(9)14)20(18,19)15-7-3-4-12(15)13(16)17/h1,5-6,8,12H,3-4,7H2,(H,16,17). The number of carbonyl (C=O) groups is 1. The van der Waals surface area contributed by atoms with Gasteiger partial charge in [0.1, 0.15) is 11.9 Å². The number of carboxylic acid groups (broad SMARTS) is 1. The average molecular weight is 297 g/mol. The van der Waals surface area contributed by atoms with Crippen LogP contribution in [-0.4, -0.2) is 36.4 Å². The second-order valence-electron chi connectivity index (χ2n) is 4.40. The molecule has 0 spiro atoms. The highest BCUT2D eigenvalue weighted by atomic mass is 32.2. The lowest BCUT2D eigenvalue weighted by molar-refractivity contribution is -0.140. The first-order valence-corrected chi connectivity index (χ1v) is 7.32. The minimum atomic E-state index is -4.04. The number of hydrogen-bond donors (Lipinski definition) is 1. The Morgan fingerprint density at radius 3 is 2.75 bits per heavy atom. The quantitative estimate of drug-likeness (QED) is 0.846. The molecule has 5 nitrogen and oxygen atoms in total. The lowest BCUT2D eigenvalue weighted by Gasteiger charge is -2.21. The molecule has 1 atom stereocenters. The van der Waals surface area contributed by atoms with Crippen molar-refractivity contribution in [2.75, 3.05) is 6.54 Å². The van der Waals surface area contributed by atoms with E-state index in [1.807, 2.05) is 0 Å². The van der Waals surface area contributed by atoms with Crippen molar-refractivity contribution in [3.8, 4) is 12.3 Å². The minimum absolute atomic E-state index is 0.0415. The highest BCUT2D eigenvalue weighted by Crippen LogP contribution is 2.27. The second-order valence-corrected chi connectivity index (χ2v) is 6.29. The second kappa shape index (κ2) is 5.23. The van der Waals surface area contributed by atoms with Crippen LogP contribution in [0.4, 0.5) is 4.39 Å². The molecule has 0 radical (unpaired) electrons. The maximum absolute atomic E-state index is 13.6. The predicted molar refractivity (Wildman–Crippen MR) is 68.9 cm³/mol. The summed E-state index contributed by atoms with van der Waals surface area (Å²) in [5, 5.41) is 9.02. The molecule has 106 valence electrons. The molecular weight excluding hydrogens is 285 g/mol. The Labute approximate surface area is 116 Å². The van der Waals surface area contributed by atoms with Crippen LogP contribution in [0.3, 0.4) is 0 Å². The third-order valence-corrected chi connectivity index (χ3v) is 5.10. The van der Waals surface area contributed by atoms with Gasteiger partial charge in [0.05, 0.1) is 10.5 Å². The Balaban J connectivity index is 2.43. The summed E-state index contributed by atoms with van der Waals surface area (Å²) in [5.41, 5.74) is -0.0415. The molecule has 0 bridgehead atoms. The monoisotopic (exact) mass is 297 g/mol. The molecule has 1 saturated heterocycles. The SMILES string of the molecule is C#Cc1ccc(S(=O)(=O)N2CCCC2C(=O)O)cc1F. The van der Waals surface area contributed by atoms with E-state index in [0.29, 0.717) is 6.42 Å². The molecule has 1 aromatic rings. The first-order chi connectivity index (χ1) is 9.37. The van der Waals surface area contributed by atoms with Crippen molar-refractivity contribution >= 4 is 16.0 Å². The van der Waals surface area contributed by atoms with Gasteiger partial charge in [-0.1, -0.05) is 5.92 Å². The van der Waals surface area contributed by atoms with E-state index in [9.17, 15) is 17.6 Å². The number of hydrogen-bond acceptors (Lipinski definition) is 3. The zero-order valence-electron chi connectivity index (χ0n) is 10.4. The Bertz CT molecular complexity index is 693. The van der Waals surface area contributed by atoms with Gasteiger partial charge in [0, 0.05) is 6.54 Å². The molecule has 1 unspecified atom stereocenters. The van der Waals surface area contributed by atoms with Crippen LogP contribution in [-0.2, 0) is 14.8 Å². The van der Waals surface area contributed by atoms with Gasteiger partial charge in [-0.25, -0.2) is 12.8 Å². The summed E-state index contributed by atoms with van der Waals surface area (Å²) in [7, 11) is -4.04. The first-order valence-electron chi connectivity index (χ1n) is 5.88. The minimum Gasteiger partial charge on any atom is -0.480 e. The number of aliphatic carboxylic acids is 1. The molecule has 0 amide bonds. The van der Waals surface area contributed by atoms with Crippen molar-refractivity contribution in [1.82, 2.24) is 4.31 Å². The number of carboxylic acids is 1. The number of rotatable bonds is 3. The van der Waals surface area contributed by atoms with Crippen molar-refractivity contribution in [1.29, 1.82) is 0 Å². The van der Waals surface area contributed by atoms with Crippen molar-refractivity contribution in [3.05, 3.63) is 29.6 Å². The van der Waals surface area contributed by atoms with Gasteiger partial charge in [-0.05, 0) is 31.0 Å². The highest BCUT2D eigenvalue weighted by molar-refractivity contribution is 7.89. The molecular formula is C13H12FNO4S. The molecule has 0 aliphatic carbocycles. The molecule has 1 N–H and O–H groups in total. The van der Waals surface area contributed by atoms with Crippen LogP contribution in [0.15, 0.2) is 23.1 Å². The van der Waals surface area contributed by atoms with Crippen molar-refractivity contribution in [2.45, 2.75) is 23.8 Å². The molecule has 1 aromatic carbocycles. The molecule has 0 saturated carbocycles. The largest absolute Gasteiger partial charge is 0.480 e. The van der Waals surface area contributed by atoms with Crippen LogP contribution in [0.5, 0.6) is 0 Å². The van der Waals surface area contributed by atoms with Gasteiger partial charge in [0.2, 0.25) is 10.0 Å². The van der Waals surface area contributed by atoms with Crippen molar-refractivity contribution < 1.29 is 22.7 Å². The fraction of sp³-hybridized carbons (Fsp3) is 0.308. The van der Waals surface area contributed by atoms with E-state index in [2.05, 4.69) is 5.92 Å². The van der Waals surface area contributed by atoms with E-state index >= 15 is 0 Å². The van der Waals surface area contributed by atoms with Gasteiger partial charge >= 0.3 is 5.97 Å². The molecule has 0 aromatic heterocycles. The fourth-order valence-electron chi connectivity index (χ4n) is 2.18. The third kappa shape index (κ3) is 2.40. The predicted octanol–water partition coefficient (Wildman–Crippen LogP) is 1.04. The first kappa shape index (κ1) is 14.5. The molecule has 1 aliphatic heterocycles. The summed E-state index contributed by atoms with van der Waals surface area (Å²) in [6, 6.07) is 2.09. The summed E-state index contributed by atoms with van der Waals surface area (Å²) >= 11 is 0. The van der Waals surface area contributed by atoms with Crippen LogP contribution < -0.4 is 0 Å². The van der Waals surface area contributed by atoms with Gasteiger partial charge < -0.3 is 5.11 Å². The Morgan fingerprint density at radius 1 is 1.50 bits per heavy atom. The maximum Gasteiger partial charge on any atom is 0.322 e. The van der Waals surface area contributed by atoms with Crippen LogP contribution in [0.2, 0.25) is 0 Å². The van der Waals surface area contributed by atoms with E-state index in [0.717, 1.165) is 10.4 Å². The molecule has 1 aliphatic rings. The topological polar surface area (TPSA) is 74.7 Å². The number of benzene rings is 1. The van der Waals surface area contributed by atoms with E-state index < -0.39 is 27.9 Å². The molecule has 20 heavy (non-hydrogen) atoms. The van der Waals surface area contributed by atoms with Crippen molar-refractivity contribution in [3.63, 3.8) is 0 Å². The number of halogens is 1. The van der Waals surface area contributed by atoms with E-state index in [4.69, 9.17) is 11.5 Å². The molecule has 7 heteroatoms. The molecule has 2 rings (SSSR count). The lowest BCUT2D eigenvalue weighted by atomic mass is 10.2. The average Bonchev–Trinajstić information content (AvgIpc) is 2.88. The number of nitrogens with zero attached hydrogens (tertiary/aromatic N) is 1. The summed E-state index contributed by atoms with van der Waals surface area (Å²) in [6.45, 7) is 0.109. The number of terminal acetylenes is 1. The Morgan fingerprint density at radius 2 is 2.20 bits per heavy atom. The van der Waals surface area contributed by atoms with Crippen LogP contribution in [0, 0.1) is 18.2 Å². The van der Waals surface area contributed by atoms with Crippen LogP contribution in [0.1, 0.15) is 18.4 Å². The maximum atomic E-state index is 13.6. The van der Waals surface area contributed by atoms with Gasteiger partial charge in [-0.2, -0.15) is 4.31 Å². The van der Waals surface area contributed by atoms with Crippen molar-refractivity contribution in [2.24, 2.45) is 0 Å². The normalized spacial score (nSPS) is 19.7. The zero-order chi connectivity index (χ0) is 14.9. The van der Waals surface area contributed by atoms with Gasteiger partial charge in [-0.3, -0.25) is 4.79 Å². The van der Waals surface area contributed by atoms with Gasteiger partial charge in [0.15, 0.2) is 0 Å². The Hall–Kier alpha value is -1.91. The number of sulfonamides is 1. The lowest BCUT2D eigenvalue weighted by Crippen LogP contribution is -2.40. The summed E-state index contributed by atoms with van der Waals surface area (Å²) < 4.78 is 39.2. The smallest absolute Gasteiger partial charge is 0.322 e. The van der Waals surface area contributed by atoms with Gasteiger partial charge in [0.25, 0.3) is 0 Å². The van der Waals surface area contributed by atoms with E-state index in [1.54, 1.807) is 0 Å². The van der Waals surface area contributed by atoms with Gasteiger partial charge in [-0.15, -0.1) is 6.42 Å². The van der Waals surface area contributed by atoms with E-state index in [-0.39, 0.29) is 23.4 Å². The summed E-state index contributed by atoms with van der Waals surface area (Å²) in [4.78, 5) is 10.8. The summed E-state index contributed by atoms with van der Waals surface area (Å²) in [5.74, 6) is 0.0711. The zero-order valence-corrected chi connectivity index (χ0v) is 11.2.